The SMILES string of the molecule is CCN(CC)C(=O)CC(C(=O)C=Cc1ccc(OC2CCCCO2)c(OC)c1)C(=O)C=Cc1ccc(OC2CCCCO2)c(OC)c1. The lowest BCUT2D eigenvalue weighted by molar-refractivity contribution is -0.137. The van der Waals surface area contributed by atoms with E-state index in [2.05, 4.69) is 0 Å². The molecular weight excluding hydrogens is 602 g/mol. The van der Waals surface area contributed by atoms with Crippen LogP contribution >= 0.6 is 0 Å². The Balaban J connectivity index is 1.49. The molecule has 2 aliphatic heterocycles. The molecule has 10 nitrogen and oxygen atoms in total. The number of carbonyl (C=O) groups excluding carboxylic acids is 3. The van der Waals surface area contributed by atoms with E-state index in [0.29, 0.717) is 60.4 Å². The summed E-state index contributed by atoms with van der Waals surface area (Å²) in [5.74, 6) is -0.291. The molecule has 0 bridgehead atoms. The second-order valence-electron chi connectivity index (χ2n) is 11.4. The van der Waals surface area contributed by atoms with Crippen molar-refractivity contribution in [3.05, 3.63) is 59.7 Å². The average molecular weight is 650 g/mol. The van der Waals surface area contributed by atoms with Gasteiger partial charge in [0, 0.05) is 32.4 Å². The van der Waals surface area contributed by atoms with Gasteiger partial charge in [-0.1, -0.05) is 24.3 Å². The Kier molecular flexibility index (Phi) is 13.9. The molecule has 0 saturated carbocycles. The lowest BCUT2D eigenvalue weighted by Crippen LogP contribution is -2.35. The number of methoxy groups -OCH3 is 2. The minimum absolute atomic E-state index is 0.233. The molecule has 0 aromatic heterocycles. The minimum Gasteiger partial charge on any atom is -0.493 e. The molecule has 2 aromatic rings. The fraction of sp³-hybridized carbons (Fsp3) is 0.486. The summed E-state index contributed by atoms with van der Waals surface area (Å²) in [7, 11) is 3.09. The van der Waals surface area contributed by atoms with Gasteiger partial charge in [0.15, 0.2) is 47.1 Å². The molecule has 0 spiro atoms. The third kappa shape index (κ3) is 10.4. The quantitative estimate of drug-likeness (QED) is 0.154. The van der Waals surface area contributed by atoms with E-state index in [-0.39, 0.29) is 24.9 Å². The van der Waals surface area contributed by atoms with Gasteiger partial charge in [-0.05, 0) is 87.1 Å². The molecule has 2 heterocycles. The van der Waals surface area contributed by atoms with Gasteiger partial charge >= 0.3 is 0 Å². The summed E-state index contributed by atoms with van der Waals surface area (Å²) in [4.78, 5) is 41.6. The van der Waals surface area contributed by atoms with Gasteiger partial charge in [-0.3, -0.25) is 14.4 Å². The molecule has 0 aliphatic carbocycles. The number of ketones is 2. The Hall–Kier alpha value is -4.15. The van der Waals surface area contributed by atoms with Crippen LogP contribution in [0, 0.1) is 5.92 Å². The average Bonchev–Trinajstić information content (AvgIpc) is 3.10. The van der Waals surface area contributed by atoms with Crippen LogP contribution in [-0.2, 0) is 23.9 Å². The highest BCUT2D eigenvalue weighted by Crippen LogP contribution is 2.32. The number of amides is 1. The topological polar surface area (TPSA) is 110 Å². The lowest BCUT2D eigenvalue weighted by atomic mass is 9.92. The van der Waals surface area contributed by atoms with Crippen LogP contribution in [-0.4, -0.2) is 75.5 Å². The summed E-state index contributed by atoms with van der Waals surface area (Å²) in [5, 5.41) is 0. The van der Waals surface area contributed by atoms with Crippen LogP contribution in [0.2, 0.25) is 0 Å². The second-order valence-corrected chi connectivity index (χ2v) is 11.4. The number of benzene rings is 2. The molecule has 2 atom stereocenters. The fourth-order valence-corrected chi connectivity index (χ4v) is 5.47. The fourth-order valence-electron chi connectivity index (χ4n) is 5.47. The summed E-state index contributed by atoms with van der Waals surface area (Å²) < 4.78 is 34.4. The van der Waals surface area contributed by atoms with Crippen LogP contribution in [0.3, 0.4) is 0 Å². The van der Waals surface area contributed by atoms with Crippen molar-refractivity contribution in [3.63, 3.8) is 0 Å². The molecule has 2 aliphatic rings. The number of carbonyl (C=O) groups is 3. The molecule has 0 radical (unpaired) electrons. The maximum atomic E-state index is 13.5. The van der Waals surface area contributed by atoms with Gasteiger partial charge in [-0.25, -0.2) is 0 Å². The summed E-state index contributed by atoms with van der Waals surface area (Å²) in [5.41, 5.74) is 1.36. The smallest absolute Gasteiger partial charge is 0.223 e. The number of hydrogen-bond donors (Lipinski definition) is 0. The maximum absolute atomic E-state index is 13.5. The van der Waals surface area contributed by atoms with Gasteiger partial charge in [0.25, 0.3) is 0 Å². The van der Waals surface area contributed by atoms with Crippen LogP contribution in [0.15, 0.2) is 48.6 Å². The Morgan fingerprint density at radius 1 is 0.745 bits per heavy atom. The summed E-state index contributed by atoms with van der Waals surface area (Å²) in [6.45, 7) is 6.01. The van der Waals surface area contributed by atoms with Crippen molar-refractivity contribution in [1.82, 2.24) is 4.90 Å². The van der Waals surface area contributed by atoms with E-state index in [1.54, 1.807) is 67.7 Å². The highest BCUT2D eigenvalue weighted by molar-refractivity contribution is 6.15. The zero-order valence-corrected chi connectivity index (χ0v) is 27.9. The van der Waals surface area contributed by atoms with E-state index in [1.165, 1.54) is 12.2 Å². The Bertz CT molecular complexity index is 1310. The van der Waals surface area contributed by atoms with Gasteiger partial charge in [0.1, 0.15) is 0 Å². The third-order valence-corrected chi connectivity index (χ3v) is 8.23. The molecule has 2 saturated heterocycles. The molecular formula is C37H47NO9. The first-order chi connectivity index (χ1) is 22.8. The standard InChI is InChI=1S/C37H47NO9/c1-5-38(6-2)35(41)25-28(29(39)17-13-26-15-19-31(33(23-26)42-3)46-36-11-7-9-21-44-36)30(40)18-14-27-16-20-32(34(24-27)43-4)47-37-12-8-10-22-45-37/h13-20,23-24,28,36-37H,5-12,21-22,25H2,1-4H3. The molecule has 10 heteroatoms. The third-order valence-electron chi connectivity index (χ3n) is 8.23. The zero-order valence-electron chi connectivity index (χ0n) is 27.9. The van der Waals surface area contributed by atoms with Crippen molar-refractivity contribution in [2.75, 3.05) is 40.5 Å². The molecule has 4 rings (SSSR count). The molecule has 2 aromatic carbocycles. The molecule has 254 valence electrons. The van der Waals surface area contributed by atoms with Crippen molar-refractivity contribution in [3.8, 4) is 23.0 Å². The van der Waals surface area contributed by atoms with E-state index in [4.69, 9.17) is 28.4 Å². The Morgan fingerprint density at radius 2 is 1.21 bits per heavy atom. The van der Waals surface area contributed by atoms with E-state index >= 15 is 0 Å². The van der Waals surface area contributed by atoms with Gasteiger partial charge in [0.05, 0.1) is 33.4 Å². The van der Waals surface area contributed by atoms with Gasteiger partial charge in [-0.2, -0.15) is 0 Å². The van der Waals surface area contributed by atoms with Gasteiger partial charge in [0.2, 0.25) is 5.91 Å². The maximum Gasteiger partial charge on any atom is 0.223 e. The minimum atomic E-state index is -1.18. The van der Waals surface area contributed by atoms with E-state index in [9.17, 15) is 14.4 Å². The van der Waals surface area contributed by atoms with Crippen molar-refractivity contribution in [2.24, 2.45) is 5.92 Å². The van der Waals surface area contributed by atoms with Crippen molar-refractivity contribution >= 4 is 29.6 Å². The highest BCUT2D eigenvalue weighted by atomic mass is 16.7. The molecule has 0 N–H and O–H groups in total. The van der Waals surface area contributed by atoms with Gasteiger partial charge < -0.3 is 33.3 Å². The predicted molar refractivity (Wildman–Crippen MR) is 179 cm³/mol. The Morgan fingerprint density at radius 3 is 1.60 bits per heavy atom. The zero-order chi connectivity index (χ0) is 33.6. The normalized spacial score (nSPS) is 18.9. The number of allylic oxidation sites excluding steroid dienone is 2. The van der Waals surface area contributed by atoms with Crippen LogP contribution in [0.5, 0.6) is 23.0 Å². The van der Waals surface area contributed by atoms with Crippen LogP contribution < -0.4 is 18.9 Å². The van der Waals surface area contributed by atoms with Crippen LogP contribution in [0.25, 0.3) is 12.2 Å². The summed E-state index contributed by atoms with van der Waals surface area (Å²) in [6.07, 6.45) is 10.7. The number of rotatable bonds is 16. The predicted octanol–water partition coefficient (Wildman–Crippen LogP) is 6.25. The van der Waals surface area contributed by atoms with Crippen molar-refractivity contribution in [1.29, 1.82) is 0 Å². The van der Waals surface area contributed by atoms with Crippen LogP contribution in [0.4, 0.5) is 0 Å². The summed E-state index contributed by atoms with van der Waals surface area (Å²) >= 11 is 0. The summed E-state index contributed by atoms with van der Waals surface area (Å²) in [6, 6.07) is 10.6. The molecule has 2 fully saturated rings. The van der Waals surface area contributed by atoms with Crippen molar-refractivity contribution in [2.45, 2.75) is 71.4 Å². The first kappa shape index (κ1) is 35.7. The molecule has 1 amide bonds. The van der Waals surface area contributed by atoms with E-state index in [1.807, 2.05) is 13.8 Å². The molecule has 47 heavy (non-hydrogen) atoms. The Labute approximate surface area is 277 Å². The number of ether oxygens (including phenoxy) is 6. The number of nitrogens with zero attached hydrogens (tertiary/aromatic N) is 1. The highest BCUT2D eigenvalue weighted by Gasteiger charge is 2.28. The van der Waals surface area contributed by atoms with E-state index < -0.39 is 17.5 Å². The first-order valence-electron chi connectivity index (χ1n) is 16.5. The van der Waals surface area contributed by atoms with E-state index in [0.717, 1.165) is 38.5 Å². The second kappa shape index (κ2) is 18.3. The largest absolute Gasteiger partial charge is 0.493 e. The van der Waals surface area contributed by atoms with Gasteiger partial charge in [-0.15, -0.1) is 0 Å². The first-order valence-corrected chi connectivity index (χ1v) is 16.5. The molecule has 2 unspecified atom stereocenters. The monoisotopic (exact) mass is 649 g/mol. The number of hydrogen-bond acceptors (Lipinski definition) is 9. The van der Waals surface area contributed by atoms with Crippen LogP contribution in [0.1, 0.15) is 69.9 Å². The van der Waals surface area contributed by atoms with Crippen molar-refractivity contribution < 1.29 is 42.8 Å². The lowest BCUT2D eigenvalue weighted by Gasteiger charge is -2.24.